The van der Waals surface area contributed by atoms with Gasteiger partial charge in [0.1, 0.15) is 24.0 Å². The van der Waals surface area contributed by atoms with Crippen molar-refractivity contribution in [3.05, 3.63) is 23.3 Å². The van der Waals surface area contributed by atoms with Crippen LogP contribution in [0.5, 0.6) is 0 Å². The quantitative estimate of drug-likeness (QED) is 0.152. The molecule has 0 spiro atoms. The number of esters is 1. The summed E-state index contributed by atoms with van der Waals surface area (Å²) in [6.07, 6.45) is 5.00. The minimum Gasteiger partial charge on any atom is -0.456 e. The van der Waals surface area contributed by atoms with Crippen LogP contribution < -0.4 is 0 Å². The van der Waals surface area contributed by atoms with Crippen molar-refractivity contribution in [2.75, 3.05) is 27.9 Å². The number of ketones is 2. The number of hydrogen-bond acceptors (Lipinski definition) is 11. The Kier molecular flexibility index (Phi) is 17.2. The smallest absolute Gasteiger partial charge is 0.329 e. The number of hydrogen-bond donors (Lipinski definition) is 2. The zero-order valence-electron chi connectivity index (χ0n) is 35.0. The van der Waals surface area contributed by atoms with Crippen molar-refractivity contribution < 1.29 is 53.1 Å². The van der Waals surface area contributed by atoms with Gasteiger partial charge < -0.3 is 38.8 Å². The third kappa shape index (κ3) is 10.9. The number of ether oxygens (including phenoxy) is 5. The van der Waals surface area contributed by atoms with Crippen LogP contribution in [0.2, 0.25) is 0 Å². The van der Waals surface area contributed by atoms with Crippen molar-refractivity contribution in [2.45, 2.75) is 166 Å². The van der Waals surface area contributed by atoms with Gasteiger partial charge in [0.05, 0.1) is 29.8 Å². The number of fused-ring (bicyclic) bond motifs is 3. The monoisotopic (exact) mass is 809 g/mol. The number of aliphatic hydroxyl groups excluding tert-OH is 1. The number of Topliss-reactive ketones (excluding diaryl/α,β-unsaturated/α-hetero) is 2. The summed E-state index contributed by atoms with van der Waals surface area (Å²) in [5.74, 6) is -7.11. The molecule has 1 saturated carbocycles. The summed E-state index contributed by atoms with van der Waals surface area (Å²) < 4.78 is 30.1. The van der Waals surface area contributed by atoms with Crippen molar-refractivity contribution in [1.82, 2.24) is 4.90 Å². The topological polar surface area (TPSA) is 158 Å². The normalized spacial score (nSPS) is 40.6. The summed E-state index contributed by atoms with van der Waals surface area (Å²) in [5.41, 5.74) is 1.72. The van der Waals surface area contributed by atoms with Gasteiger partial charge in [0.2, 0.25) is 5.79 Å². The van der Waals surface area contributed by atoms with Crippen LogP contribution in [0.1, 0.15) is 112 Å². The Labute approximate surface area is 339 Å². The van der Waals surface area contributed by atoms with Crippen LogP contribution in [0.4, 0.5) is 0 Å². The van der Waals surface area contributed by atoms with Crippen LogP contribution >= 0.6 is 11.6 Å². The summed E-state index contributed by atoms with van der Waals surface area (Å²) in [7, 11) is 4.68. The highest BCUT2D eigenvalue weighted by Gasteiger charge is 2.56. The SMILES string of the molecule is CC[C@@H]1C=C(C)C[C@H](C)C[C@H](OC)[C@H]2O[C@@](O)(C(=O)C(=O)N3CCCC[C@H]3C(=O)OC([C@@H]3CC[C@H](Cl)[C@H](OC)C3)C(C)=C[C@H](C)[C@@H](O)CC1=O)[C@H](C)C[C@@H]2OC. The molecule has 2 saturated heterocycles. The maximum atomic E-state index is 14.3. The highest BCUT2D eigenvalue weighted by Crippen LogP contribution is 2.40. The van der Waals surface area contributed by atoms with Gasteiger partial charge in [0.15, 0.2) is 0 Å². The number of alkyl halides is 1. The second kappa shape index (κ2) is 20.7. The fraction of sp³-hybridized carbons (Fsp3) is 0.814. The molecule has 3 heterocycles. The van der Waals surface area contributed by atoms with E-state index < -0.39 is 71.8 Å². The van der Waals surface area contributed by atoms with Gasteiger partial charge in [-0.2, -0.15) is 0 Å². The van der Waals surface area contributed by atoms with Gasteiger partial charge in [-0.25, -0.2) is 4.79 Å². The van der Waals surface area contributed by atoms with E-state index in [-0.39, 0.29) is 60.8 Å². The molecule has 14 atom stereocenters. The lowest BCUT2D eigenvalue weighted by Gasteiger charge is -2.47. The van der Waals surface area contributed by atoms with E-state index in [9.17, 15) is 29.4 Å². The molecule has 56 heavy (non-hydrogen) atoms. The highest BCUT2D eigenvalue weighted by atomic mass is 35.5. The van der Waals surface area contributed by atoms with Gasteiger partial charge in [0, 0.05) is 58.0 Å². The Balaban J connectivity index is 1.77. The first-order chi connectivity index (χ1) is 26.5. The number of piperidine rings is 1. The molecule has 13 heteroatoms. The van der Waals surface area contributed by atoms with E-state index in [1.54, 1.807) is 14.0 Å². The average molecular weight is 810 g/mol. The van der Waals surface area contributed by atoms with Crippen molar-refractivity contribution in [1.29, 1.82) is 0 Å². The number of carbonyl (C=O) groups excluding carboxylic acids is 4. The van der Waals surface area contributed by atoms with Crippen LogP contribution in [-0.2, 0) is 42.9 Å². The molecule has 12 nitrogen and oxygen atoms in total. The number of carbonyl (C=O) groups is 4. The van der Waals surface area contributed by atoms with Crippen LogP contribution in [0.15, 0.2) is 23.3 Å². The number of nitrogens with zero attached hydrogens (tertiary/aromatic N) is 1. The maximum Gasteiger partial charge on any atom is 0.329 e. The van der Waals surface area contributed by atoms with Gasteiger partial charge in [-0.3, -0.25) is 14.4 Å². The maximum absolute atomic E-state index is 14.3. The molecular weight excluding hydrogens is 742 g/mol. The lowest BCUT2D eigenvalue weighted by atomic mass is 9.80. The summed E-state index contributed by atoms with van der Waals surface area (Å²) >= 11 is 6.61. The van der Waals surface area contributed by atoms with E-state index in [0.29, 0.717) is 56.9 Å². The number of aliphatic hydroxyl groups is 2. The summed E-state index contributed by atoms with van der Waals surface area (Å²) in [6.45, 7) is 11.5. The number of halogens is 1. The van der Waals surface area contributed by atoms with Crippen molar-refractivity contribution in [2.24, 2.45) is 29.6 Å². The molecule has 1 unspecified atom stereocenters. The summed E-state index contributed by atoms with van der Waals surface area (Å²) in [6, 6.07) is -1.07. The molecule has 1 amide bonds. The Morgan fingerprint density at radius 2 is 1.55 bits per heavy atom. The van der Waals surface area contributed by atoms with Gasteiger partial charge in [-0.15, -0.1) is 11.6 Å². The minimum atomic E-state index is -2.49. The molecule has 0 aromatic carbocycles. The second-order valence-electron chi connectivity index (χ2n) is 17.1. The number of methoxy groups -OCH3 is 3. The lowest BCUT2D eigenvalue weighted by molar-refractivity contribution is -0.302. The summed E-state index contributed by atoms with van der Waals surface area (Å²) in [4.78, 5) is 57.6. The lowest BCUT2D eigenvalue weighted by Crippen LogP contribution is -2.64. The second-order valence-corrected chi connectivity index (χ2v) is 17.7. The van der Waals surface area contributed by atoms with Crippen molar-refractivity contribution in [3.63, 3.8) is 0 Å². The van der Waals surface area contributed by atoms with E-state index in [2.05, 4.69) is 6.92 Å². The van der Waals surface area contributed by atoms with Gasteiger partial charge in [-0.05, 0) is 89.5 Å². The van der Waals surface area contributed by atoms with Gasteiger partial charge >= 0.3 is 5.97 Å². The zero-order valence-corrected chi connectivity index (χ0v) is 35.8. The van der Waals surface area contributed by atoms with Crippen LogP contribution in [0, 0.1) is 29.6 Å². The van der Waals surface area contributed by atoms with Crippen LogP contribution in [0.3, 0.4) is 0 Å². The number of amides is 1. The predicted molar refractivity (Wildman–Crippen MR) is 212 cm³/mol. The Morgan fingerprint density at radius 3 is 2.20 bits per heavy atom. The first-order valence-electron chi connectivity index (χ1n) is 20.7. The standard InChI is InChI=1S/C43H68ClNO11/c1-10-29-18-24(2)17-25(3)19-36(53-8)39-37(54-9)21-28(6)43(51,56-39)40(48)41(49)45-16-12-11-13-32(45)42(50)55-38(30-14-15-31(44)35(22-30)52-7)27(5)20-26(4)33(46)23-34(29)47/h18,20,25-26,28-33,35-39,46,51H,10-17,19,21-23H2,1-9H3/t25-,26-,28+,29+,30+,31-,32-,33-,35+,36-,37-,38?,39+,43+/m0/s1. The van der Waals surface area contributed by atoms with Crippen LogP contribution in [-0.4, -0.2) is 120 Å². The molecule has 0 aromatic rings. The molecule has 3 aliphatic heterocycles. The number of allylic oxidation sites excluding steroid dienone is 2. The van der Waals surface area contributed by atoms with E-state index in [0.717, 1.165) is 5.57 Å². The zero-order chi connectivity index (χ0) is 41.5. The Hall–Kier alpha value is -2.19. The first kappa shape index (κ1) is 46.5. The van der Waals surface area contributed by atoms with Gasteiger partial charge in [0.25, 0.3) is 11.7 Å². The van der Waals surface area contributed by atoms with Crippen molar-refractivity contribution >= 4 is 35.0 Å². The van der Waals surface area contributed by atoms with Crippen LogP contribution in [0.25, 0.3) is 0 Å². The molecule has 0 radical (unpaired) electrons. The summed E-state index contributed by atoms with van der Waals surface area (Å²) in [5, 5.41) is 23.2. The minimum absolute atomic E-state index is 0.0337. The van der Waals surface area contributed by atoms with E-state index in [1.165, 1.54) is 19.1 Å². The highest BCUT2D eigenvalue weighted by molar-refractivity contribution is 6.39. The third-order valence-corrected chi connectivity index (χ3v) is 13.3. The fourth-order valence-corrected chi connectivity index (χ4v) is 9.71. The Bertz CT molecular complexity index is 1440. The molecule has 1 aliphatic carbocycles. The molecule has 3 fully saturated rings. The molecule has 0 aromatic heterocycles. The predicted octanol–water partition coefficient (Wildman–Crippen LogP) is 5.72. The molecular formula is C43H68ClNO11. The fourth-order valence-electron chi connectivity index (χ4n) is 9.38. The molecule has 2 bridgehead atoms. The van der Waals surface area contributed by atoms with E-state index in [1.807, 2.05) is 39.8 Å². The third-order valence-electron chi connectivity index (χ3n) is 12.8. The molecule has 318 valence electrons. The van der Waals surface area contributed by atoms with Crippen molar-refractivity contribution in [3.8, 4) is 0 Å². The molecule has 4 aliphatic rings. The Morgan fingerprint density at radius 1 is 0.893 bits per heavy atom. The molecule has 4 rings (SSSR count). The molecule has 2 N–H and O–H groups in total. The first-order valence-corrected chi connectivity index (χ1v) is 21.2. The van der Waals surface area contributed by atoms with E-state index in [4.69, 9.17) is 35.3 Å². The number of cyclic esters (lactones) is 1. The van der Waals surface area contributed by atoms with E-state index >= 15 is 0 Å². The number of rotatable bonds is 5. The van der Waals surface area contributed by atoms with Gasteiger partial charge in [-0.1, -0.05) is 45.4 Å². The largest absolute Gasteiger partial charge is 0.456 e. The average Bonchev–Trinajstić information content (AvgIpc) is 3.17.